The first kappa shape index (κ1) is 11.6. The quantitative estimate of drug-likeness (QED) is 0.714. The molecule has 0 radical (unpaired) electrons. The number of hydrogen-bond donors (Lipinski definition) is 2. The van der Waals surface area contributed by atoms with E-state index in [2.05, 4.69) is 5.10 Å². The van der Waals surface area contributed by atoms with E-state index in [1.54, 1.807) is 0 Å². The molecule has 0 amide bonds. The molecule has 15 heavy (non-hydrogen) atoms. The van der Waals surface area contributed by atoms with Gasteiger partial charge in [-0.15, -0.1) is 0 Å². The highest BCUT2D eigenvalue weighted by Crippen LogP contribution is 1.93. The summed E-state index contributed by atoms with van der Waals surface area (Å²) in [5.41, 5.74) is -0.173. The molecule has 1 atom stereocenters. The van der Waals surface area contributed by atoms with E-state index in [1.165, 1.54) is 13.8 Å². The number of aliphatic hydroxyl groups is 1. The van der Waals surface area contributed by atoms with Crippen molar-refractivity contribution < 1.29 is 9.50 Å². The first-order valence-electron chi connectivity index (χ1n) is 4.51. The van der Waals surface area contributed by atoms with E-state index in [0.29, 0.717) is 11.1 Å². The third-order valence-corrected chi connectivity index (χ3v) is 2.28. The van der Waals surface area contributed by atoms with Crippen LogP contribution >= 0.6 is 0 Å². The van der Waals surface area contributed by atoms with Gasteiger partial charge in [0.25, 0.3) is 11.1 Å². The van der Waals surface area contributed by atoms with E-state index in [1.807, 2.05) is 0 Å². The molecule has 6 heteroatoms. The minimum atomic E-state index is -1.28. The van der Waals surface area contributed by atoms with Crippen molar-refractivity contribution in [3.8, 4) is 0 Å². The van der Waals surface area contributed by atoms with E-state index in [9.17, 15) is 14.0 Å². The number of halogens is 1. The van der Waals surface area contributed by atoms with Crippen LogP contribution in [0.25, 0.3) is 0 Å². The fourth-order valence-electron chi connectivity index (χ4n) is 1.18. The standard InChI is InChI=1S/C9H13FN2O3/c1-5-6(2)9(15)12(11-8(5)14)4-7(13)3-10/h7,13H,3-4H2,1-2H3,(H,11,14). The maximum absolute atomic E-state index is 12.0. The Kier molecular flexibility index (Phi) is 3.41. The van der Waals surface area contributed by atoms with Gasteiger partial charge in [0.1, 0.15) is 12.8 Å². The van der Waals surface area contributed by atoms with Crippen LogP contribution in [0.2, 0.25) is 0 Å². The van der Waals surface area contributed by atoms with Gasteiger partial charge in [-0.2, -0.15) is 0 Å². The van der Waals surface area contributed by atoms with Crippen molar-refractivity contribution in [2.24, 2.45) is 0 Å². The van der Waals surface area contributed by atoms with Crippen LogP contribution in [0, 0.1) is 13.8 Å². The lowest BCUT2D eigenvalue weighted by molar-refractivity contribution is 0.116. The number of rotatable bonds is 3. The lowest BCUT2D eigenvalue weighted by Gasteiger charge is -2.10. The van der Waals surface area contributed by atoms with Crippen LogP contribution in [0.4, 0.5) is 4.39 Å². The smallest absolute Gasteiger partial charge is 0.268 e. The van der Waals surface area contributed by atoms with Gasteiger partial charge in [-0.3, -0.25) is 14.7 Å². The molecule has 1 unspecified atom stereocenters. The van der Waals surface area contributed by atoms with Crippen molar-refractivity contribution in [3.05, 3.63) is 31.8 Å². The van der Waals surface area contributed by atoms with Gasteiger partial charge in [-0.1, -0.05) is 0 Å². The number of hydrogen-bond acceptors (Lipinski definition) is 3. The molecule has 84 valence electrons. The number of nitrogens with one attached hydrogen (secondary N) is 1. The summed E-state index contributed by atoms with van der Waals surface area (Å²) >= 11 is 0. The Bertz CT molecular complexity index is 463. The molecule has 5 nitrogen and oxygen atoms in total. The summed E-state index contributed by atoms with van der Waals surface area (Å²) in [6, 6.07) is 0. The molecule has 1 heterocycles. The van der Waals surface area contributed by atoms with Gasteiger partial charge in [0.05, 0.1) is 6.54 Å². The number of alkyl halides is 1. The minimum absolute atomic E-state index is 0.244. The highest BCUT2D eigenvalue weighted by Gasteiger charge is 2.10. The maximum Gasteiger partial charge on any atom is 0.268 e. The second-order valence-electron chi connectivity index (χ2n) is 3.41. The minimum Gasteiger partial charge on any atom is -0.388 e. The molecule has 0 aliphatic carbocycles. The highest BCUT2D eigenvalue weighted by atomic mass is 19.1. The molecular formula is C9H13FN2O3. The predicted octanol–water partition coefficient (Wildman–Crippen LogP) is -0.516. The number of aromatic amines is 1. The van der Waals surface area contributed by atoms with Gasteiger partial charge in [-0.05, 0) is 13.8 Å². The van der Waals surface area contributed by atoms with Crippen LogP contribution < -0.4 is 11.1 Å². The Hall–Kier alpha value is -1.43. The van der Waals surface area contributed by atoms with Gasteiger partial charge in [0.15, 0.2) is 0 Å². The molecule has 1 rings (SSSR count). The zero-order chi connectivity index (χ0) is 11.6. The van der Waals surface area contributed by atoms with Crippen molar-refractivity contribution >= 4 is 0 Å². The normalized spacial score (nSPS) is 12.8. The van der Waals surface area contributed by atoms with Crippen molar-refractivity contribution in [1.29, 1.82) is 0 Å². The number of aromatic nitrogens is 2. The zero-order valence-corrected chi connectivity index (χ0v) is 8.58. The topological polar surface area (TPSA) is 75.1 Å². The summed E-state index contributed by atoms with van der Waals surface area (Å²) in [6.07, 6.45) is -1.28. The molecule has 0 aliphatic heterocycles. The van der Waals surface area contributed by atoms with Crippen LogP contribution in [-0.4, -0.2) is 27.7 Å². The lowest BCUT2D eigenvalue weighted by Crippen LogP contribution is -2.36. The Labute approximate surface area is 85.2 Å². The van der Waals surface area contributed by atoms with E-state index in [4.69, 9.17) is 5.11 Å². The average Bonchev–Trinajstić information content (AvgIpc) is 2.22. The third-order valence-electron chi connectivity index (χ3n) is 2.28. The lowest BCUT2D eigenvalue weighted by atomic mass is 10.2. The van der Waals surface area contributed by atoms with Crippen molar-refractivity contribution in [2.45, 2.75) is 26.5 Å². The maximum atomic E-state index is 12.0. The molecule has 2 N–H and O–H groups in total. The third kappa shape index (κ3) is 2.33. The van der Waals surface area contributed by atoms with Crippen LogP contribution in [0.3, 0.4) is 0 Å². The Morgan fingerprint density at radius 3 is 2.53 bits per heavy atom. The van der Waals surface area contributed by atoms with Gasteiger partial charge in [-0.25, -0.2) is 9.07 Å². The number of nitrogens with zero attached hydrogens (tertiary/aromatic N) is 1. The van der Waals surface area contributed by atoms with Gasteiger partial charge in [0.2, 0.25) is 0 Å². The monoisotopic (exact) mass is 216 g/mol. The molecule has 1 aromatic rings. The molecule has 1 aromatic heterocycles. The number of H-pyrrole nitrogens is 1. The summed E-state index contributed by atoms with van der Waals surface area (Å²) in [4.78, 5) is 22.8. The fraction of sp³-hybridized carbons (Fsp3) is 0.556. The van der Waals surface area contributed by atoms with Crippen LogP contribution in [0.5, 0.6) is 0 Å². The molecule has 0 fully saturated rings. The van der Waals surface area contributed by atoms with Crippen LogP contribution in [0.1, 0.15) is 11.1 Å². The first-order valence-corrected chi connectivity index (χ1v) is 4.51. The van der Waals surface area contributed by atoms with Crippen LogP contribution in [-0.2, 0) is 6.54 Å². The summed E-state index contributed by atoms with van der Waals surface area (Å²) < 4.78 is 13.0. The second kappa shape index (κ2) is 4.39. The molecule has 0 saturated heterocycles. The second-order valence-corrected chi connectivity index (χ2v) is 3.41. The Morgan fingerprint density at radius 1 is 1.40 bits per heavy atom. The summed E-state index contributed by atoms with van der Waals surface area (Å²) in [5.74, 6) is 0. The first-order chi connectivity index (χ1) is 6.97. The molecule has 0 spiro atoms. The van der Waals surface area contributed by atoms with Crippen molar-refractivity contribution in [3.63, 3.8) is 0 Å². The van der Waals surface area contributed by atoms with Crippen molar-refractivity contribution in [1.82, 2.24) is 9.78 Å². The SMILES string of the molecule is Cc1c(C)c(=O)n(CC(O)CF)[nH]c1=O. The average molecular weight is 216 g/mol. The van der Waals surface area contributed by atoms with Crippen LogP contribution in [0.15, 0.2) is 9.59 Å². The summed E-state index contributed by atoms with van der Waals surface area (Å²) in [7, 11) is 0. The number of aliphatic hydroxyl groups excluding tert-OH is 1. The zero-order valence-electron chi connectivity index (χ0n) is 8.58. The fourth-order valence-corrected chi connectivity index (χ4v) is 1.18. The molecule has 0 bridgehead atoms. The predicted molar refractivity (Wildman–Crippen MR) is 52.8 cm³/mol. The van der Waals surface area contributed by atoms with Gasteiger partial charge >= 0.3 is 0 Å². The highest BCUT2D eigenvalue weighted by molar-refractivity contribution is 5.17. The van der Waals surface area contributed by atoms with E-state index >= 15 is 0 Å². The van der Waals surface area contributed by atoms with Gasteiger partial charge < -0.3 is 5.11 Å². The molecule has 0 aromatic carbocycles. The molecule has 0 aliphatic rings. The largest absolute Gasteiger partial charge is 0.388 e. The van der Waals surface area contributed by atoms with E-state index in [0.717, 1.165) is 4.68 Å². The summed E-state index contributed by atoms with van der Waals surface area (Å²) in [6.45, 7) is 1.85. The van der Waals surface area contributed by atoms with E-state index in [-0.39, 0.29) is 6.54 Å². The summed E-state index contributed by atoms with van der Waals surface area (Å²) in [5, 5.41) is 11.3. The molecule has 0 saturated carbocycles. The van der Waals surface area contributed by atoms with Gasteiger partial charge in [0, 0.05) is 11.1 Å². The molecular weight excluding hydrogens is 203 g/mol. The Morgan fingerprint density at radius 2 is 2.00 bits per heavy atom. The Balaban J connectivity index is 3.21. The van der Waals surface area contributed by atoms with Crippen molar-refractivity contribution in [2.75, 3.05) is 6.67 Å². The van der Waals surface area contributed by atoms with E-state index < -0.39 is 23.9 Å².